The number of rotatable bonds is 7. The van der Waals surface area contributed by atoms with Gasteiger partial charge in [-0.15, -0.1) is 0 Å². The molecular weight excluding hydrogens is 290 g/mol. The second-order valence-corrected chi connectivity index (χ2v) is 5.91. The van der Waals surface area contributed by atoms with Crippen LogP contribution < -0.4 is 4.74 Å². The Morgan fingerprint density at radius 2 is 1.57 bits per heavy atom. The fourth-order valence-corrected chi connectivity index (χ4v) is 2.52. The van der Waals surface area contributed by atoms with Crippen LogP contribution in [0.15, 0.2) is 60.7 Å². The lowest BCUT2D eigenvalue weighted by molar-refractivity contribution is -0.163. The van der Waals surface area contributed by atoms with E-state index in [-0.39, 0.29) is 12.6 Å². The van der Waals surface area contributed by atoms with Gasteiger partial charge in [0.15, 0.2) is 6.61 Å². The van der Waals surface area contributed by atoms with E-state index in [0.29, 0.717) is 12.3 Å². The highest BCUT2D eigenvalue weighted by Gasteiger charge is 2.31. The summed E-state index contributed by atoms with van der Waals surface area (Å²) in [5.74, 6) is 0.264. The maximum Gasteiger partial charge on any atom is 0.345 e. The van der Waals surface area contributed by atoms with Crippen molar-refractivity contribution in [2.24, 2.45) is 0 Å². The molecule has 0 aliphatic heterocycles. The number of likely N-dealkylation sites (N-methyl/N-ethyl adjacent to an activating group) is 1. The molecule has 0 fully saturated rings. The summed E-state index contributed by atoms with van der Waals surface area (Å²) >= 11 is 0. The Kier molecular flexibility index (Phi) is 5.77. The standard InChI is InChI=1S/C19H23NO3/c1-19(15-20(2)3,16-10-6-4-7-11-16)23-18(21)14-22-17-12-8-5-9-13-17/h4-13H,14-15H2,1-3H3. The van der Waals surface area contributed by atoms with Crippen LogP contribution in [0.5, 0.6) is 5.75 Å². The minimum absolute atomic E-state index is 0.111. The predicted octanol–water partition coefficient (Wildman–Crippen LogP) is 3.09. The number of benzene rings is 2. The fraction of sp³-hybridized carbons (Fsp3) is 0.316. The normalized spacial score (nSPS) is 13.4. The Morgan fingerprint density at radius 3 is 2.13 bits per heavy atom. The number of ether oxygens (including phenoxy) is 2. The second-order valence-electron chi connectivity index (χ2n) is 5.91. The van der Waals surface area contributed by atoms with E-state index < -0.39 is 5.60 Å². The lowest BCUT2D eigenvalue weighted by Gasteiger charge is -2.32. The predicted molar refractivity (Wildman–Crippen MR) is 90.4 cm³/mol. The number of carbonyl (C=O) groups is 1. The van der Waals surface area contributed by atoms with Crippen molar-refractivity contribution in [3.8, 4) is 5.75 Å². The molecule has 1 atom stereocenters. The molecule has 0 aliphatic rings. The van der Waals surface area contributed by atoms with Crippen LogP contribution in [-0.4, -0.2) is 38.1 Å². The number of nitrogens with zero attached hydrogens (tertiary/aromatic N) is 1. The Hall–Kier alpha value is -2.33. The third kappa shape index (κ3) is 5.11. The van der Waals surface area contributed by atoms with Gasteiger partial charge in [0.05, 0.1) is 0 Å². The topological polar surface area (TPSA) is 38.8 Å². The van der Waals surface area contributed by atoms with Crippen LogP contribution in [0.4, 0.5) is 0 Å². The van der Waals surface area contributed by atoms with Gasteiger partial charge in [0.2, 0.25) is 0 Å². The summed E-state index contributed by atoms with van der Waals surface area (Å²) in [4.78, 5) is 14.2. The van der Waals surface area contributed by atoms with Gasteiger partial charge >= 0.3 is 5.97 Å². The summed E-state index contributed by atoms with van der Waals surface area (Å²) in [6.45, 7) is 2.40. The van der Waals surface area contributed by atoms with Gasteiger partial charge in [-0.25, -0.2) is 4.79 Å². The molecule has 0 heterocycles. The van der Waals surface area contributed by atoms with Gasteiger partial charge in [-0.3, -0.25) is 0 Å². The molecule has 0 saturated heterocycles. The van der Waals surface area contributed by atoms with Crippen LogP contribution >= 0.6 is 0 Å². The summed E-state index contributed by atoms with van der Waals surface area (Å²) in [6.07, 6.45) is 0. The maximum atomic E-state index is 12.2. The molecule has 0 N–H and O–H groups in total. The monoisotopic (exact) mass is 313 g/mol. The number of esters is 1. The summed E-state index contributed by atoms with van der Waals surface area (Å²) in [5.41, 5.74) is 0.240. The van der Waals surface area contributed by atoms with E-state index in [1.807, 2.05) is 86.6 Å². The van der Waals surface area contributed by atoms with E-state index in [1.54, 1.807) is 0 Å². The van der Waals surface area contributed by atoms with Gasteiger partial charge in [-0.2, -0.15) is 0 Å². The van der Waals surface area contributed by atoms with Crippen molar-refractivity contribution in [2.45, 2.75) is 12.5 Å². The molecule has 2 aromatic rings. The smallest absolute Gasteiger partial charge is 0.345 e. The minimum Gasteiger partial charge on any atom is -0.482 e. The highest BCUT2D eigenvalue weighted by molar-refractivity contribution is 5.71. The van der Waals surface area contributed by atoms with E-state index in [4.69, 9.17) is 9.47 Å². The molecule has 0 radical (unpaired) electrons. The second kappa shape index (κ2) is 7.79. The van der Waals surface area contributed by atoms with Crippen molar-refractivity contribution in [1.29, 1.82) is 0 Å². The lowest BCUT2D eigenvalue weighted by atomic mass is 9.95. The minimum atomic E-state index is -0.720. The highest BCUT2D eigenvalue weighted by Crippen LogP contribution is 2.26. The van der Waals surface area contributed by atoms with Crippen molar-refractivity contribution in [2.75, 3.05) is 27.2 Å². The van der Waals surface area contributed by atoms with Crippen molar-refractivity contribution in [3.05, 3.63) is 66.2 Å². The molecular formula is C19H23NO3. The number of para-hydroxylation sites is 1. The summed E-state index contributed by atoms with van der Waals surface area (Å²) in [7, 11) is 3.91. The maximum absolute atomic E-state index is 12.2. The van der Waals surface area contributed by atoms with Gasteiger partial charge in [-0.1, -0.05) is 48.5 Å². The first-order valence-corrected chi connectivity index (χ1v) is 7.59. The van der Waals surface area contributed by atoms with Gasteiger partial charge in [-0.05, 0) is 38.7 Å². The highest BCUT2D eigenvalue weighted by atomic mass is 16.6. The first-order valence-electron chi connectivity index (χ1n) is 7.59. The van der Waals surface area contributed by atoms with Crippen LogP contribution in [0.1, 0.15) is 12.5 Å². The molecule has 4 nitrogen and oxygen atoms in total. The van der Waals surface area contributed by atoms with Gasteiger partial charge in [0, 0.05) is 6.54 Å². The number of hydrogen-bond acceptors (Lipinski definition) is 4. The molecule has 4 heteroatoms. The molecule has 0 bridgehead atoms. The van der Waals surface area contributed by atoms with E-state index >= 15 is 0 Å². The Labute approximate surface area is 137 Å². The van der Waals surface area contributed by atoms with Gasteiger partial charge in [0.25, 0.3) is 0 Å². The van der Waals surface area contributed by atoms with Crippen LogP contribution in [0, 0.1) is 0 Å². The Morgan fingerprint density at radius 1 is 1.00 bits per heavy atom. The molecule has 122 valence electrons. The average Bonchev–Trinajstić information content (AvgIpc) is 2.54. The molecule has 0 saturated carbocycles. The lowest BCUT2D eigenvalue weighted by Crippen LogP contribution is -2.40. The molecule has 0 spiro atoms. The third-order valence-electron chi connectivity index (χ3n) is 3.44. The van der Waals surface area contributed by atoms with Crippen molar-refractivity contribution < 1.29 is 14.3 Å². The first-order chi connectivity index (χ1) is 11.0. The molecule has 2 rings (SSSR count). The quantitative estimate of drug-likeness (QED) is 0.736. The zero-order valence-electron chi connectivity index (χ0n) is 13.9. The van der Waals surface area contributed by atoms with Gasteiger partial charge < -0.3 is 14.4 Å². The van der Waals surface area contributed by atoms with Crippen LogP contribution in [-0.2, 0) is 15.1 Å². The van der Waals surface area contributed by atoms with Crippen molar-refractivity contribution in [3.63, 3.8) is 0 Å². The third-order valence-corrected chi connectivity index (χ3v) is 3.44. The van der Waals surface area contributed by atoms with E-state index in [2.05, 4.69) is 0 Å². The fourth-order valence-electron chi connectivity index (χ4n) is 2.52. The van der Waals surface area contributed by atoms with E-state index in [1.165, 1.54) is 0 Å². The molecule has 0 aromatic heterocycles. The van der Waals surface area contributed by atoms with Crippen molar-refractivity contribution >= 4 is 5.97 Å². The molecule has 23 heavy (non-hydrogen) atoms. The molecule has 0 amide bonds. The van der Waals surface area contributed by atoms with E-state index in [0.717, 1.165) is 5.56 Å². The van der Waals surface area contributed by atoms with Crippen LogP contribution in [0.2, 0.25) is 0 Å². The summed E-state index contributed by atoms with van der Waals surface area (Å²) in [5, 5.41) is 0. The van der Waals surface area contributed by atoms with Gasteiger partial charge in [0.1, 0.15) is 11.4 Å². The first kappa shape index (κ1) is 17.0. The van der Waals surface area contributed by atoms with Crippen LogP contribution in [0.25, 0.3) is 0 Å². The number of hydrogen-bond donors (Lipinski definition) is 0. The average molecular weight is 313 g/mol. The van der Waals surface area contributed by atoms with Crippen LogP contribution in [0.3, 0.4) is 0 Å². The molecule has 0 aliphatic carbocycles. The van der Waals surface area contributed by atoms with Crippen molar-refractivity contribution in [1.82, 2.24) is 4.90 Å². The van der Waals surface area contributed by atoms with E-state index in [9.17, 15) is 4.79 Å². The summed E-state index contributed by atoms with van der Waals surface area (Å²) in [6, 6.07) is 19.0. The molecule has 1 unspecified atom stereocenters. The number of carbonyl (C=O) groups excluding carboxylic acids is 1. The Bertz CT molecular complexity index is 613. The zero-order valence-corrected chi connectivity index (χ0v) is 13.9. The largest absolute Gasteiger partial charge is 0.482 e. The summed E-state index contributed by atoms with van der Waals surface area (Å²) < 4.78 is 11.2. The zero-order chi connectivity index (χ0) is 16.7. The molecule has 2 aromatic carbocycles. The Balaban J connectivity index is 2.04. The SMILES string of the molecule is CN(C)CC(C)(OC(=O)COc1ccccc1)c1ccccc1.